The first kappa shape index (κ1) is 20.7. The van der Waals surface area contributed by atoms with Crippen molar-refractivity contribution in [2.75, 3.05) is 23.7 Å². The molecule has 138 valence electrons. The Labute approximate surface area is 149 Å². The third-order valence-corrected chi connectivity index (χ3v) is 4.81. The molecule has 1 aromatic rings. The largest absolute Gasteiger partial charge is 0.383 e. The van der Waals surface area contributed by atoms with Gasteiger partial charge < -0.3 is 10.6 Å². The molecule has 1 heterocycles. The summed E-state index contributed by atoms with van der Waals surface area (Å²) < 4.78 is 0. The summed E-state index contributed by atoms with van der Waals surface area (Å²) >= 11 is 0. The Kier molecular flexibility index (Phi) is 10.4. The summed E-state index contributed by atoms with van der Waals surface area (Å²) in [6.07, 6.45) is 13.1. The zero-order valence-corrected chi connectivity index (χ0v) is 16.4. The van der Waals surface area contributed by atoms with Gasteiger partial charge in [0.15, 0.2) is 0 Å². The third-order valence-electron chi connectivity index (χ3n) is 4.81. The van der Waals surface area contributed by atoms with Crippen molar-refractivity contribution in [3.05, 3.63) is 11.3 Å². The highest BCUT2D eigenvalue weighted by Crippen LogP contribution is 2.20. The van der Waals surface area contributed by atoms with Crippen LogP contribution in [0.15, 0.2) is 0 Å². The van der Waals surface area contributed by atoms with Crippen molar-refractivity contribution < 1.29 is 0 Å². The van der Waals surface area contributed by atoms with Gasteiger partial charge in [0.1, 0.15) is 5.82 Å². The number of hydrogen-bond donors (Lipinski definition) is 1. The number of rotatable bonds is 13. The van der Waals surface area contributed by atoms with Crippen molar-refractivity contribution in [1.29, 1.82) is 0 Å². The summed E-state index contributed by atoms with van der Waals surface area (Å²) in [5.41, 5.74) is 8.39. The van der Waals surface area contributed by atoms with Crippen molar-refractivity contribution in [3.8, 4) is 0 Å². The van der Waals surface area contributed by atoms with Gasteiger partial charge in [0.2, 0.25) is 5.95 Å². The minimum absolute atomic E-state index is 0.670. The van der Waals surface area contributed by atoms with E-state index in [2.05, 4.69) is 42.6 Å². The Balaban J connectivity index is 2.35. The van der Waals surface area contributed by atoms with Gasteiger partial charge in [-0.1, -0.05) is 58.3 Å². The van der Waals surface area contributed by atoms with Crippen LogP contribution in [0.2, 0.25) is 0 Å². The average Bonchev–Trinajstić information content (AvgIpc) is 2.56. The van der Waals surface area contributed by atoms with E-state index in [1.165, 1.54) is 57.8 Å². The number of hydrogen-bond acceptors (Lipinski definition) is 4. The summed E-state index contributed by atoms with van der Waals surface area (Å²) in [4.78, 5) is 11.3. The molecule has 4 nitrogen and oxygen atoms in total. The predicted molar refractivity (Wildman–Crippen MR) is 106 cm³/mol. The van der Waals surface area contributed by atoms with Crippen LogP contribution in [-0.4, -0.2) is 23.1 Å². The Morgan fingerprint density at radius 3 is 1.83 bits per heavy atom. The van der Waals surface area contributed by atoms with E-state index in [0.29, 0.717) is 5.82 Å². The first-order valence-electron chi connectivity index (χ1n) is 10.0. The molecule has 1 aromatic heterocycles. The van der Waals surface area contributed by atoms with E-state index in [1.807, 2.05) is 0 Å². The predicted octanol–water partition coefficient (Wildman–Crippen LogP) is 5.29. The smallest absolute Gasteiger partial charge is 0.227 e. The van der Waals surface area contributed by atoms with Gasteiger partial charge in [-0.2, -0.15) is 4.98 Å². The molecule has 24 heavy (non-hydrogen) atoms. The molecule has 0 spiro atoms. The van der Waals surface area contributed by atoms with Crippen LogP contribution in [0.3, 0.4) is 0 Å². The van der Waals surface area contributed by atoms with Gasteiger partial charge in [-0.25, -0.2) is 4.98 Å². The van der Waals surface area contributed by atoms with Crippen LogP contribution in [0.5, 0.6) is 0 Å². The van der Waals surface area contributed by atoms with Crippen molar-refractivity contribution in [1.82, 2.24) is 9.97 Å². The molecule has 0 radical (unpaired) electrons. The second-order valence-electron chi connectivity index (χ2n) is 6.72. The molecule has 4 heteroatoms. The average molecular weight is 335 g/mol. The molecule has 0 aliphatic rings. The Morgan fingerprint density at radius 1 is 0.792 bits per heavy atom. The molecule has 0 saturated carbocycles. The molecule has 0 aromatic carbocycles. The fourth-order valence-corrected chi connectivity index (χ4v) is 3.17. The van der Waals surface area contributed by atoms with Gasteiger partial charge in [-0.15, -0.1) is 0 Å². The Bertz CT molecular complexity index is 432. The van der Waals surface area contributed by atoms with Gasteiger partial charge in [-0.05, 0) is 33.6 Å². The zero-order valence-electron chi connectivity index (χ0n) is 16.4. The van der Waals surface area contributed by atoms with Crippen molar-refractivity contribution in [3.63, 3.8) is 0 Å². The molecule has 0 amide bonds. The van der Waals surface area contributed by atoms with E-state index in [0.717, 1.165) is 36.7 Å². The molecular weight excluding hydrogens is 296 g/mol. The first-order chi connectivity index (χ1) is 11.6. The van der Waals surface area contributed by atoms with E-state index in [1.54, 1.807) is 0 Å². The fourth-order valence-electron chi connectivity index (χ4n) is 3.17. The minimum atomic E-state index is 0.670. The van der Waals surface area contributed by atoms with Gasteiger partial charge in [0, 0.05) is 24.3 Å². The Morgan fingerprint density at radius 2 is 1.33 bits per heavy atom. The molecule has 0 aliphatic heterocycles. The summed E-state index contributed by atoms with van der Waals surface area (Å²) in [6, 6.07) is 0. The third kappa shape index (κ3) is 7.06. The summed E-state index contributed by atoms with van der Waals surface area (Å²) in [6.45, 7) is 10.4. The molecule has 1 rings (SSSR count). The fraction of sp³-hybridized carbons (Fsp3) is 0.800. The lowest BCUT2D eigenvalue weighted by atomic mass is 10.0. The SMILES string of the molecule is CCCCCCCCCCCc1c(C)nc(N(CC)CC)nc1N. The number of aromatic nitrogens is 2. The number of aryl methyl sites for hydroxylation is 1. The van der Waals surface area contributed by atoms with Crippen molar-refractivity contribution in [2.45, 2.75) is 91.9 Å². The monoisotopic (exact) mass is 334 g/mol. The van der Waals surface area contributed by atoms with Gasteiger partial charge in [0.25, 0.3) is 0 Å². The molecule has 0 bridgehead atoms. The second kappa shape index (κ2) is 12.1. The highest BCUT2D eigenvalue weighted by Gasteiger charge is 2.12. The molecule has 0 fully saturated rings. The first-order valence-corrected chi connectivity index (χ1v) is 10.0. The number of unbranched alkanes of at least 4 members (excludes halogenated alkanes) is 8. The highest BCUT2D eigenvalue weighted by atomic mass is 15.3. The number of anilines is 2. The van der Waals surface area contributed by atoms with Crippen LogP contribution < -0.4 is 10.6 Å². The number of nitrogens with zero attached hydrogens (tertiary/aromatic N) is 3. The number of nitrogen functional groups attached to an aromatic ring is 1. The lowest BCUT2D eigenvalue weighted by molar-refractivity contribution is 0.564. The van der Waals surface area contributed by atoms with Gasteiger partial charge in [-0.3, -0.25) is 0 Å². The standard InChI is InChI=1S/C20H38N4/c1-5-8-9-10-11-12-13-14-15-16-18-17(4)22-20(23-19(18)21)24(6-2)7-3/h5-16H2,1-4H3,(H2,21,22,23). The molecular formula is C20H38N4. The highest BCUT2D eigenvalue weighted by molar-refractivity contribution is 5.47. The maximum atomic E-state index is 6.20. The summed E-state index contributed by atoms with van der Waals surface area (Å²) in [5.74, 6) is 1.44. The van der Waals surface area contributed by atoms with Crippen molar-refractivity contribution >= 4 is 11.8 Å². The van der Waals surface area contributed by atoms with Crippen LogP contribution in [-0.2, 0) is 6.42 Å². The quantitative estimate of drug-likeness (QED) is 0.498. The maximum Gasteiger partial charge on any atom is 0.227 e. The normalized spacial score (nSPS) is 11.0. The molecule has 2 N–H and O–H groups in total. The lowest BCUT2D eigenvalue weighted by Crippen LogP contribution is -2.25. The van der Waals surface area contributed by atoms with Crippen LogP contribution in [0, 0.1) is 6.92 Å². The van der Waals surface area contributed by atoms with Crippen LogP contribution in [0.25, 0.3) is 0 Å². The minimum Gasteiger partial charge on any atom is -0.383 e. The van der Waals surface area contributed by atoms with E-state index < -0.39 is 0 Å². The molecule has 0 aliphatic carbocycles. The van der Waals surface area contributed by atoms with Crippen LogP contribution in [0.4, 0.5) is 11.8 Å². The maximum absolute atomic E-state index is 6.20. The zero-order chi connectivity index (χ0) is 17.8. The molecule has 0 saturated heterocycles. The second-order valence-corrected chi connectivity index (χ2v) is 6.72. The van der Waals surface area contributed by atoms with Crippen LogP contribution in [0.1, 0.15) is 89.8 Å². The van der Waals surface area contributed by atoms with E-state index in [4.69, 9.17) is 5.73 Å². The summed E-state index contributed by atoms with van der Waals surface area (Å²) in [5, 5.41) is 0. The van der Waals surface area contributed by atoms with Gasteiger partial charge in [0.05, 0.1) is 0 Å². The molecule has 0 unspecified atom stereocenters. The molecule has 0 atom stereocenters. The summed E-state index contributed by atoms with van der Waals surface area (Å²) in [7, 11) is 0. The van der Waals surface area contributed by atoms with Crippen molar-refractivity contribution in [2.24, 2.45) is 0 Å². The van der Waals surface area contributed by atoms with Gasteiger partial charge >= 0.3 is 0 Å². The van der Waals surface area contributed by atoms with E-state index in [9.17, 15) is 0 Å². The Hall–Kier alpha value is -1.32. The number of nitrogens with two attached hydrogens (primary N) is 1. The lowest BCUT2D eigenvalue weighted by Gasteiger charge is -2.20. The topological polar surface area (TPSA) is 55.0 Å². The van der Waals surface area contributed by atoms with E-state index >= 15 is 0 Å². The van der Waals surface area contributed by atoms with Crippen LogP contribution >= 0.6 is 0 Å². The van der Waals surface area contributed by atoms with E-state index in [-0.39, 0.29) is 0 Å².